The summed E-state index contributed by atoms with van der Waals surface area (Å²) in [4.78, 5) is 0. The maximum atomic E-state index is 12.2. The van der Waals surface area contributed by atoms with Crippen LogP contribution in [0.15, 0.2) is 24.3 Å². The van der Waals surface area contributed by atoms with E-state index in [1.165, 1.54) is 5.56 Å². The van der Waals surface area contributed by atoms with Crippen LogP contribution < -0.4 is 14.8 Å². The van der Waals surface area contributed by atoms with Gasteiger partial charge in [0.25, 0.3) is 0 Å². The molecule has 1 atom stereocenters. The van der Waals surface area contributed by atoms with Crippen molar-refractivity contribution in [2.75, 3.05) is 13.2 Å². The van der Waals surface area contributed by atoms with E-state index in [0.717, 1.165) is 57.6 Å². The van der Waals surface area contributed by atoms with E-state index in [1.54, 1.807) is 6.92 Å². The van der Waals surface area contributed by atoms with Crippen molar-refractivity contribution in [1.82, 2.24) is 10.0 Å². The largest absolute Gasteiger partial charge is 0.494 e. The van der Waals surface area contributed by atoms with Gasteiger partial charge < -0.3 is 10.1 Å². The molecule has 0 bridgehead atoms. The highest BCUT2D eigenvalue weighted by Gasteiger charge is 2.27. The summed E-state index contributed by atoms with van der Waals surface area (Å²) in [6.07, 6.45) is 5.69. The molecule has 2 N–H and O–H groups in total. The van der Waals surface area contributed by atoms with E-state index >= 15 is 0 Å². The second-order valence-electron chi connectivity index (χ2n) is 7.72. The first-order chi connectivity index (χ1) is 12.9. The Kier molecular flexibility index (Phi) is 9.06. The Hall–Kier alpha value is -1.11. The predicted molar refractivity (Wildman–Crippen MR) is 111 cm³/mol. The number of hydrogen-bond donors (Lipinski definition) is 2. The number of nitrogens with one attached hydrogen (secondary N) is 2. The summed E-state index contributed by atoms with van der Waals surface area (Å²) < 4.78 is 32.9. The van der Waals surface area contributed by atoms with E-state index in [9.17, 15) is 8.42 Å². The molecule has 0 spiro atoms. The molecule has 0 saturated heterocycles. The molecule has 1 unspecified atom stereocenters. The molecule has 0 aromatic heterocycles. The average Bonchev–Trinajstić information content (AvgIpc) is 2.67. The highest BCUT2D eigenvalue weighted by atomic mass is 32.2. The molecule has 0 heterocycles. The van der Waals surface area contributed by atoms with Crippen molar-refractivity contribution in [2.45, 2.75) is 77.1 Å². The van der Waals surface area contributed by atoms with Crippen molar-refractivity contribution in [3.05, 3.63) is 29.8 Å². The van der Waals surface area contributed by atoms with E-state index in [2.05, 4.69) is 29.1 Å². The van der Waals surface area contributed by atoms with Crippen LogP contribution in [0.4, 0.5) is 0 Å². The van der Waals surface area contributed by atoms with Crippen molar-refractivity contribution in [3.8, 4) is 5.75 Å². The lowest BCUT2D eigenvalue weighted by Gasteiger charge is -2.30. The maximum absolute atomic E-state index is 12.2. The summed E-state index contributed by atoms with van der Waals surface area (Å²) in [5.41, 5.74) is 1.26. The van der Waals surface area contributed by atoms with Crippen LogP contribution >= 0.6 is 0 Å². The Bertz CT molecular complexity index is 638. The molecule has 27 heavy (non-hydrogen) atoms. The highest BCUT2D eigenvalue weighted by Crippen LogP contribution is 2.25. The lowest BCUT2D eigenvalue weighted by molar-refractivity contribution is 0.302. The summed E-state index contributed by atoms with van der Waals surface area (Å²) in [6.45, 7) is 8.40. The first-order valence-corrected chi connectivity index (χ1v) is 11.9. The smallest absolute Gasteiger partial charge is 0.214 e. The third kappa shape index (κ3) is 7.43. The Morgan fingerprint density at radius 1 is 1.11 bits per heavy atom. The molecule has 1 aromatic carbocycles. The van der Waals surface area contributed by atoms with E-state index in [0.29, 0.717) is 12.3 Å². The minimum atomic E-state index is -3.17. The van der Waals surface area contributed by atoms with Crippen LogP contribution in [0.2, 0.25) is 0 Å². The Morgan fingerprint density at radius 3 is 2.37 bits per heavy atom. The maximum Gasteiger partial charge on any atom is 0.214 e. The van der Waals surface area contributed by atoms with Crippen LogP contribution in [0.25, 0.3) is 0 Å². The molecular weight excluding hydrogens is 360 g/mol. The number of sulfonamides is 1. The normalized spacial score (nSPS) is 21.7. The van der Waals surface area contributed by atoms with Crippen molar-refractivity contribution in [1.29, 1.82) is 0 Å². The van der Waals surface area contributed by atoms with Crippen LogP contribution in [0.1, 0.15) is 64.9 Å². The molecule has 0 radical (unpaired) electrons. The van der Waals surface area contributed by atoms with Gasteiger partial charge >= 0.3 is 0 Å². The van der Waals surface area contributed by atoms with E-state index in [-0.39, 0.29) is 11.3 Å². The Morgan fingerprint density at radius 2 is 1.78 bits per heavy atom. The topological polar surface area (TPSA) is 67.4 Å². The molecular formula is C21H36N2O3S. The Balaban J connectivity index is 1.66. The summed E-state index contributed by atoms with van der Waals surface area (Å²) in [7, 11) is -3.17. The van der Waals surface area contributed by atoms with Crippen molar-refractivity contribution < 1.29 is 13.2 Å². The predicted octanol–water partition coefficient (Wildman–Crippen LogP) is 3.84. The summed E-state index contributed by atoms with van der Waals surface area (Å²) in [5, 5.41) is 3.24. The molecule has 154 valence electrons. The second kappa shape index (κ2) is 11.0. The van der Waals surface area contributed by atoms with E-state index < -0.39 is 10.0 Å². The molecule has 2 rings (SSSR count). The molecule has 1 aromatic rings. The van der Waals surface area contributed by atoms with Gasteiger partial charge in [0.05, 0.1) is 11.9 Å². The SMILES string of the molecule is CCCOc1ccc(CNCC2CCC(NS(=O)(=O)C(C)CC)CC2)cc1. The fraction of sp³-hybridized carbons (Fsp3) is 0.714. The van der Waals surface area contributed by atoms with Gasteiger partial charge in [-0.3, -0.25) is 0 Å². The van der Waals surface area contributed by atoms with Gasteiger partial charge in [0.2, 0.25) is 10.0 Å². The Labute approximate surface area is 165 Å². The number of ether oxygens (including phenoxy) is 1. The van der Waals surface area contributed by atoms with Crippen LogP contribution in [0, 0.1) is 5.92 Å². The van der Waals surface area contributed by atoms with Gasteiger partial charge in [-0.05, 0) is 75.6 Å². The van der Waals surface area contributed by atoms with E-state index in [1.807, 2.05) is 19.1 Å². The molecule has 0 aliphatic heterocycles. The first-order valence-electron chi connectivity index (χ1n) is 10.4. The van der Waals surface area contributed by atoms with Gasteiger partial charge in [-0.25, -0.2) is 13.1 Å². The van der Waals surface area contributed by atoms with Crippen molar-refractivity contribution in [2.24, 2.45) is 5.92 Å². The van der Waals surface area contributed by atoms with Crippen LogP contribution in [-0.4, -0.2) is 32.9 Å². The third-order valence-electron chi connectivity index (χ3n) is 5.44. The lowest BCUT2D eigenvalue weighted by atomic mass is 9.86. The number of hydrogen-bond acceptors (Lipinski definition) is 4. The standard InChI is InChI=1S/C21H36N2O3S/c1-4-14-26-21-12-8-19(9-13-21)16-22-15-18-6-10-20(11-7-18)23-27(24,25)17(3)5-2/h8-9,12-13,17-18,20,22-23H,4-7,10-11,14-16H2,1-3H3. The quantitative estimate of drug-likeness (QED) is 0.596. The highest BCUT2D eigenvalue weighted by molar-refractivity contribution is 7.90. The van der Waals surface area contributed by atoms with Gasteiger partial charge in [0.1, 0.15) is 5.75 Å². The summed E-state index contributed by atoms with van der Waals surface area (Å²) in [5.74, 6) is 1.56. The van der Waals surface area contributed by atoms with Crippen LogP contribution in [-0.2, 0) is 16.6 Å². The zero-order valence-corrected chi connectivity index (χ0v) is 17.9. The monoisotopic (exact) mass is 396 g/mol. The first kappa shape index (κ1) is 22.2. The average molecular weight is 397 g/mol. The summed E-state index contributed by atoms with van der Waals surface area (Å²) in [6, 6.07) is 8.38. The van der Waals surface area contributed by atoms with Gasteiger partial charge in [-0.2, -0.15) is 0 Å². The fourth-order valence-corrected chi connectivity index (χ4v) is 4.77. The third-order valence-corrected chi connectivity index (χ3v) is 7.50. The molecule has 0 amide bonds. The van der Waals surface area contributed by atoms with Crippen molar-refractivity contribution in [3.63, 3.8) is 0 Å². The summed E-state index contributed by atoms with van der Waals surface area (Å²) >= 11 is 0. The molecule has 5 nitrogen and oxygen atoms in total. The lowest BCUT2D eigenvalue weighted by Crippen LogP contribution is -2.42. The molecule has 1 saturated carbocycles. The second-order valence-corrected chi connectivity index (χ2v) is 9.85. The van der Waals surface area contributed by atoms with E-state index in [4.69, 9.17) is 4.74 Å². The minimum absolute atomic E-state index is 0.107. The van der Waals surface area contributed by atoms with Crippen LogP contribution in [0.3, 0.4) is 0 Å². The number of rotatable bonds is 11. The molecule has 1 aliphatic carbocycles. The van der Waals surface area contributed by atoms with Gasteiger partial charge in [-0.1, -0.05) is 26.0 Å². The number of benzene rings is 1. The van der Waals surface area contributed by atoms with Gasteiger partial charge in [0, 0.05) is 12.6 Å². The zero-order valence-electron chi connectivity index (χ0n) is 17.0. The molecule has 1 aliphatic rings. The van der Waals surface area contributed by atoms with Crippen molar-refractivity contribution >= 4 is 10.0 Å². The van der Waals surface area contributed by atoms with Gasteiger partial charge in [-0.15, -0.1) is 0 Å². The zero-order chi connectivity index (χ0) is 19.7. The van der Waals surface area contributed by atoms with Crippen LogP contribution in [0.5, 0.6) is 5.75 Å². The molecule has 6 heteroatoms. The minimum Gasteiger partial charge on any atom is -0.494 e. The van der Waals surface area contributed by atoms with Gasteiger partial charge in [0.15, 0.2) is 0 Å². The molecule has 1 fully saturated rings. The fourth-order valence-electron chi connectivity index (χ4n) is 3.40.